The molecule has 0 aliphatic heterocycles. The van der Waals surface area contributed by atoms with Gasteiger partial charge in [-0.15, -0.1) is 0 Å². The first-order valence-electron chi connectivity index (χ1n) is 6.51. The van der Waals surface area contributed by atoms with Gasteiger partial charge in [0.05, 0.1) is 26.0 Å². The zero-order valence-electron chi connectivity index (χ0n) is 11.7. The lowest BCUT2D eigenvalue weighted by molar-refractivity contribution is 0.105. The van der Waals surface area contributed by atoms with E-state index in [4.69, 9.17) is 14.6 Å². The lowest BCUT2D eigenvalue weighted by Crippen LogP contribution is -2.22. The number of aromatic nitrogens is 1. The molecule has 2 aromatic rings. The Labute approximate surface area is 123 Å². The van der Waals surface area contributed by atoms with Crippen LogP contribution in [0.3, 0.4) is 0 Å². The normalized spacial score (nSPS) is 11.8. The molecule has 1 aromatic carbocycles. The van der Waals surface area contributed by atoms with E-state index in [1.807, 2.05) is 0 Å². The number of methoxy groups -OCH3 is 1. The number of hydrogen-bond acceptors (Lipinski definition) is 6. The van der Waals surface area contributed by atoms with Crippen molar-refractivity contribution in [1.29, 1.82) is 0 Å². The van der Waals surface area contributed by atoms with Crippen LogP contribution in [-0.4, -0.2) is 41.6 Å². The molecule has 2 rings (SSSR count). The van der Waals surface area contributed by atoms with Crippen molar-refractivity contribution >= 4 is 5.69 Å². The quantitative estimate of drug-likeness (QED) is 0.719. The Morgan fingerprint density at radius 1 is 1.29 bits per heavy atom. The van der Waals surface area contributed by atoms with Gasteiger partial charge in [0.15, 0.2) is 11.5 Å². The third-order valence-electron chi connectivity index (χ3n) is 2.78. The number of aliphatic hydroxyl groups is 2. The second-order valence-corrected chi connectivity index (χ2v) is 4.37. The second-order valence-electron chi connectivity index (χ2n) is 4.37. The summed E-state index contributed by atoms with van der Waals surface area (Å²) in [4.78, 5) is 3.98. The second kappa shape index (κ2) is 7.47. The molecule has 0 bridgehead atoms. The number of hydrogen-bond donors (Lipinski definition) is 3. The van der Waals surface area contributed by atoms with Gasteiger partial charge in [-0.1, -0.05) is 0 Å². The minimum atomic E-state index is -0.803. The van der Waals surface area contributed by atoms with Crippen molar-refractivity contribution in [3.05, 3.63) is 42.7 Å². The predicted octanol–water partition coefficient (Wildman–Crippen LogP) is 1.65. The minimum absolute atomic E-state index is 0.252. The van der Waals surface area contributed by atoms with E-state index in [0.29, 0.717) is 17.2 Å². The van der Waals surface area contributed by atoms with E-state index in [1.165, 1.54) is 0 Å². The average molecular weight is 290 g/mol. The van der Waals surface area contributed by atoms with E-state index in [9.17, 15) is 5.11 Å². The topological polar surface area (TPSA) is 83.8 Å². The van der Waals surface area contributed by atoms with Crippen molar-refractivity contribution in [2.24, 2.45) is 0 Å². The summed E-state index contributed by atoms with van der Waals surface area (Å²) < 4.78 is 11.0. The van der Waals surface area contributed by atoms with Gasteiger partial charge in [0, 0.05) is 24.5 Å². The lowest BCUT2D eigenvalue weighted by Gasteiger charge is -2.14. The Balaban J connectivity index is 2.09. The predicted molar refractivity (Wildman–Crippen MR) is 78.9 cm³/mol. The Morgan fingerprint density at radius 2 is 2.14 bits per heavy atom. The molecule has 1 unspecified atom stereocenters. The number of aliphatic hydroxyl groups excluding tert-OH is 2. The van der Waals surface area contributed by atoms with Crippen molar-refractivity contribution in [3.8, 4) is 17.2 Å². The van der Waals surface area contributed by atoms with Crippen LogP contribution in [0.5, 0.6) is 17.2 Å². The molecule has 0 saturated carbocycles. The summed E-state index contributed by atoms with van der Waals surface area (Å²) in [6.07, 6.45) is 2.48. The molecule has 1 heterocycles. The molecular formula is C15H18N2O4. The number of anilines is 1. The number of rotatable bonds is 7. The molecule has 3 N–H and O–H groups in total. The fourth-order valence-electron chi connectivity index (χ4n) is 1.70. The maximum Gasteiger partial charge on any atom is 0.169 e. The van der Waals surface area contributed by atoms with E-state index in [1.54, 1.807) is 49.8 Å². The fraction of sp³-hybridized carbons (Fsp3) is 0.267. The molecule has 21 heavy (non-hydrogen) atoms. The summed E-state index contributed by atoms with van der Waals surface area (Å²) in [7, 11) is 1.55. The van der Waals surface area contributed by atoms with Crippen LogP contribution in [0.15, 0.2) is 42.7 Å². The SMILES string of the molecule is COc1cc(NCC(O)CO)ccc1Oc1cccnc1. The number of nitrogens with zero attached hydrogens (tertiary/aromatic N) is 1. The van der Waals surface area contributed by atoms with Crippen LogP contribution in [-0.2, 0) is 0 Å². The first kappa shape index (κ1) is 15.1. The van der Waals surface area contributed by atoms with Gasteiger partial charge in [-0.05, 0) is 24.3 Å². The molecule has 0 radical (unpaired) electrons. The van der Waals surface area contributed by atoms with Crippen LogP contribution < -0.4 is 14.8 Å². The molecule has 0 saturated heterocycles. The summed E-state index contributed by atoms with van der Waals surface area (Å²) in [5, 5.41) is 21.1. The van der Waals surface area contributed by atoms with Crippen molar-refractivity contribution in [2.75, 3.05) is 25.6 Å². The lowest BCUT2D eigenvalue weighted by atomic mass is 10.2. The van der Waals surface area contributed by atoms with Crippen LogP contribution in [0.4, 0.5) is 5.69 Å². The molecular weight excluding hydrogens is 272 g/mol. The van der Waals surface area contributed by atoms with E-state index >= 15 is 0 Å². The smallest absolute Gasteiger partial charge is 0.169 e. The van der Waals surface area contributed by atoms with Gasteiger partial charge >= 0.3 is 0 Å². The van der Waals surface area contributed by atoms with Gasteiger partial charge in [-0.3, -0.25) is 4.98 Å². The molecule has 6 heteroatoms. The van der Waals surface area contributed by atoms with Crippen molar-refractivity contribution < 1.29 is 19.7 Å². The highest BCUT2D eigenvalue weighted by molar-refractivity contribution is 5.55. The fourth-order valence-corrected chi connectivity index (χ4v) is 1.70. The van der Waals surface area contributed by atoms with Crippen LogP contribution in [0.2, 0.25) is 0 Å². The molecule has 0 aliphatic rings. The standard InChI is InChI=1S/C15H18N2O4/c1-20-15-7-11(17-8-12(19)10-18)4-5-14(15)21-13-3-2-6-16-9-13/h2-7,9,12,17-19H,8,10H2,1H3. The highest BCUT2D eigenvalue weighted by Gasteiger charge is 2.08. The van der Waals surface area contributed by atoms with Crippen LogP contribution in [0, 0.1) is 0 Å². The van der Waals surface area contributed by atoms with Crippen LogP contribution in [0.25, 0.3) is 0 Å². The van der Waals surface area contributed by atoms with Crippen molar-refractivity contribution in [1.82, 2.24) is 4.98 Å². The maximum absolute atomic E-state index is 9.32. The van der Waals surface area contributed by atoms with E-state index in [-0.39, 0.29) is 13.2 Å². The van der Waals surface area contributed by atoms with E-state index < -0.39 is 6.10 Å². The molecule has 0 fully saturated rings. The highest BCUT2D eigenvalue weighted by Crippen LogP contribution is 2.33. The highest BCUT2D eigenvalue weighted by atomic mass is 16.5. The van der Waals surface area contributed by atoms with Gasteiger partial charge in [0.1, 0.15) is 5.75 Å². The van der Waals surface area contributed by atoms with Gasteiger partial charge in [-0.25, -0.2) is 0 Å². The number of benzene rings is 1. The largest absolute Gasteiger partial charge is 0.493 e. The molecule has 6 nitrogen and oxygen atoms in total. The molecule has 0 spiro atoms. The number of pyridine rings is 1. The first-order valence-corrected chi connectivity index (χ1v) is 6.51. The summed E-state index contributed by atoms with van der Waals surface area (Å²) in [6, 6.07) is 8.91. The Hall–Kier alpha value is -2.31. The molecule has 0 amide bonds. The monoisotopic (exact) mass is 290 g/mol. The Kier molecular flexibility index (Phi) is 5.36. The van der Waals surface area contributed by atoms with E-state index in [0.717, 1.165) is 5.69 Å². The average Bonchev–Trinajstić information content (AvgIpc) is 2.54. The Morgan fingerprint density at radius 3 is 2.81 bits per heavy atom. The first-order chi connectivity index (χ1) is 10.2. The number of ether oxygens (including phenoxy) is 2. The van der Waals surface area contributed by atoms with Crippen molar-refractivity contribution in [3.63, 3.8) is 0 Å². The van der Waals surface area contributed by atoms with Gasteiger partial charge in [0.2, 0.25) is 0 Å². The van der Waals surface area contributed by atoms with Gasteiger partial charge < -0.3 is 25.0 Å². The zero-order valence-corrected chi connectivity index (χ0v) is 11.7. The third-order valence-corrected chi connectivity index (χ3v) is 2.78. The summed E-state index contributed by atoms with van der Waals surface area (Å²) >= 11 is 0. The van der Waals surface area contributed by atoms with Crippen LogP contribution >= 0.6 is 0 Å². The van der Waals surface area contributed by atoms with E-state index in [2.05, 4.69) is 10.3 Å². The van der Waals surface area contributed by atoms with Crippen LogP contribution in [0.1, 0.15) is 0 Å². The number of nitrogens with one attached hydrogen (secondary N) is 1. The molecule has 1 aromatic heterocycles. The van der Waals surface area contributed by atoms with Gasteiger partial charge in [-0.2, -0.15) is 0 Å². The zero-order chi connectivity index (χ0) is 15.1. The maximum atomic E-state index is 9.32. The third kappa shape index (κ3) is 4.34. The Bertz CT molecular complexity index is 563. The summed E-state index contributed by atoms with van der Waals surface area (Å²) in [5.74, 6) is 1.74. The van der Waals surface area contributed by atoms with Crippen molar-refractivity contribution in [2.45, 2.75) is 6.10 Å². The minimum Gasteiger partial charge on any atom is -0.493 e. The van der Waals surface area contributed by atoms with Gasteiger partial charge in [0.25, 0.3) is 0 Å². The molecule has 1 atom stereocenters. The molecule has 0 aliphatic carbocycles. The summed E-state index contributed by atoms with van der Waals surface area (Å²) in [6.45, 7) is -0.0329. The summed E-state index contributed by atoms with van der Waals surface area (Å²) in [5.41, 5.74) is 0.762. The molecule has 112 valence electrons.